The Balaban J connectivity index is 1.49. The molecular weight excluding hydrogens is 400 g/mol. The molecule has 0 radical (unpaired) electrons. The Labute approximate surface area is 177 Å². The number of thiophene rings is 1. The van der Waals surface area contributed by atoms with Crippen LogP contribution >= 0.6 is 11.3 Å². The topological polar surface area (TPSA) is 76.7 Å². The molecule has 0 saturated heterocycles. The van der Waals surface area contributed by atoms with Gasteiger partial charge >= 0.3 is 0 Å². The smallest absolute Gasteiger partial charge is 0.270 e. The van der Waals surface area contributed by atoms with Crippen molar-refractivity contribution in [3.63, 3.8) is 0 Å². The highest BCUT2D eigenvalue weighted by Gasteiger charge is 2.37. The van der Waals surface area contributed by atoms with E-state index in [0.29, 0.717) is 37.3 Å². The van der Waals surface area contributed by atoms with E-state index in [1.807, 2.05) is 42.2 Å². The van der Waals surface area contributed by atoms with E-state index >= 15 is 0 Å². The number of hydrogen-bond acceptors (Lipinski definition) is 4. The van der Waals surface area contributed by atoms with Gasteiger partial charge in [0.05, 0.1) is 12.1 Å². The zero-order valence-electron chi connectivity index (χ0n) is 16.9. The summed E-state index contributed by atoms with van der Waals surface area (Å²) in [5.74, 6) is -0.230. The second-order valence-corrected chi connectivity index (χ2v) is 8.81. The number of rotatable bonds is 2. The third kappa shape index (κ3) is 2.82. The monoisotopic (exact) mass is 422 g/mol. The highest BCUT2D eigenvalue weighted by atomic mass is 32.1. The molecule has 0 spiro atoms. The van der Waals surface area contributed by atoms with Crippen molar-refractivity contribution in [1.29, 1.82) is 0 Å². The minimum absolute atomic E-state index is 0.0488. The average Bonchev–Trinajstić information content (AvgIpc) is 3.32. The second kappa shape index (κ2) is 6.98. The number of hydrogen-bond donors (Lipinski definition) is 1. The molecule has 4 heterocycles. The van der Waals surface area contributed by atoms with Crippen LogP contribution in [-0.4, -0.2) is 59.2 Å². The van der Waals surface area contributed by atoms with Gasteiger partial charge in [0, 0.05) is 35.9 Å². The maximum atomic E-state index is 13.1. The van der Waals surface area contributed by atoms with E-state index in [9.17, 15) is 14.4 Å². The first kappa shape index (κ1) is 18.9. The van der Waals surface area contributed by atoms with E-state index in [2.05, 4.69) is 4.98 Å². The molecule has 1 aromatic carbocycles. The van der Waals surface area contributed by atoms with Gasteiger partial charge in [-0.25, -0.2) is 0 Å². The van der Waals surface area contributed by atoms with Gasteiger partial charge in [-0.2, -0.15) is 0 Å². The number of nitrogens with zero attached hydrogens (tertiary/aromatic N) is 3. The number of para-hydroxylation sites is 1. The van der Waals surface area contributed by atoms with Gasteiger partial charge in [0.15, 0.2) is 0 Å². The third-order valence-corrected chi connectivity index (χ3v) is 7.12. The molecule has 1 N–H and O–H groups in total. The number of fused-ring (bicyclic) bond motifs is 4. The SMILES string of the molecule is CCN1C(=O)CN(C)C(=O)c2c1sc1c2CCN(C(=O)c2cc3ccccc3[nH]2)C1. The number of benzene rings is 1. The summed E-state index contributed by atoms with van der Waals surface area (Å²) in [7, 11) is 1.67. The van der Waals surface area contributed by atoms with Crippen molar-refractivity contribution in [3.8, 4) is 0 Å². The van der Waals surface area contributed by atoms with Crippen molar-refractivity contribution in [3.05, 3.63) is 52.0 Å². The number of aromatic amines is 1. The van der Waals surface area contributed by atoms with E-state index in [0.717, 1.165) is 26.3 Å². The molecule has 2 aliphatic rings. The summed E-state index contributed by atoms with van der Waals surface area (Å²) in [6.45, 7) is 3.52. The van der Waals surface area contributed by atoms with Crippen molar-refractivity contribution in [2.24, 2.45) is 0 Å². The fraction of sp³-hybridized carbons (Fsp3) is 0.318. The van der Waals surface area contributed by atoms with Gasteiger partial charge < -0.3 is 19.7 Å². The number of carbonyl (C=O) groups excluding carboxylic acids is 3. The van der Waals surface area contributed by atoms with Gasteiger partial charge in [-0.3, -0.25) is 14.4 Å². The minimum atomic E-state index is -0.109. The predicted molar refractivity (Wildman–Crippen MR) is 116 cm³/mol. The molecule has 0 unspecified atom stereocenters. The number of anilines is 1. The summed E-state index contributed by atoms with van der Waals surface area (Å²) in [6.07, 6.45) is 0.610. The van der Waals surface area contributed by atoms with E-state index in [-0.39, 0.29) is 24.3 Å². The number of H-pyrrole nitrogens is 1. The Morgan fingerprint density at radius 1 is 1.20 bits per heavy atom. The van der Waals surface area contributed by atoms with Gasteiger partial charge in [0.1, 0.15) is 17.2 Å². The lowest BCUT2D eigenvalue weighted by Gasteiger charge is -2.27. The molecule has 7 nitrogen and oxygen atoms in total. The molecule has 0 atom stereocenters. The lowest BCUT2D eigenvalue weighted by atomic mass is 10.0. The average molecular weight is 423 g/mol. The zero-order chi connectivity index (χ0) is 21.0. The van der Waals surface area contributed by atoms with Crippen molar-refractivity contribution in [2.75, 3.05) is 31.6 Å². The number of amides is 3. The van der Waals surface area contributed by atoms with Gasteiger partial charge in [-0.15, -0.1) is 11.3 Å². The fourth-order valence-corrected chi connectivity index (χ4v) is 5.75. The van der Waals surface area contributed by atoms with Crippen LogP contribution in [0.3, 0.4) is 0 Å². The molecule has 2 aliphatic heterocycles. The van der Waals surface area contributed by atoms with E-state index in [4.69, 9.17) is 0 Å². The Morgan fingerprint density at radius 2 is 2.00 bits per heavy atom. The van der Waals surface area contributed by atoms with Gasteiger partial charge in [-0.05, 0) is 31.0 Å². The summed E-state index contributed by atoms with van der Waals surface area (Å²) in [4.78, 5) is 47.9. The molecule has 0 bridgehead atoms. The number of aromatic nitrogens is 1. The highest BCUT2D eigenvalue weighted by Crippen LogP contribution is 2.41. The van der Waals surface area contributed by atoms with Crippen LogP contribution < -0.4 is 4.90 Å². The standard InChI is InChI=1S/C22H22N4O3S/c1-3-26-18(27)12-24(2)21(29)19-14-8-9-25(11-17(14)30-22(19)26)20(28)16-10-13-6-4-5-7-15(13)23-16/h4-7,10,23H,3,8-9,11-12H2,1-2H3. The minimum Gasteiger partial charge on any atom is -0.351 e. The van der Waals surface area contributed by atoms with Crippen LogP contribution in [0.15, 0.2) is 30.3 Å². The van der Waals surface area contributed by atoms with Gasteiger partial charge in [0.2, 0.25) is 5.91 Å². The first-order chi connectivity index (χ1) is 14.5. The largest absolute Gasteiger partial charge is 0.351 e. The fourth-order valence-electron chi connectivity index (χ4n) is 4.32. The molecule has 0 fully saturated rings. The summed E-state index contributed by atoms with van der Waals surface area (Å²) in [6, 6.07) is 9.70. The Hall–Kier alpha value is -3.13. The normalized spacial score (nSPS) is 16.7. The van der Waals surface area contributed by atoms with Gasteiger partial charge in [0.25, 0.3) is 11.8 Å². The van der Waals surface area contributed by atoms with Crippen LogP contribution in [-0.2, 0) is 17.8 Å². The molecule has 3 aromatic rings. The summed E-state index contributed by atoms with van der Waals surface area (Å²) < 4.78 is 0. The van der Waals surface area contributed by atoms with Crippen molar-refractivity contribution < 1.29 is 14.4 Å². The molecular formula is C22H22N4O3S. The van der Waals surface area contributed by atoms with Crippen LogP contribution in [0.1, 0.15) is 38.2 Å². The second-order valence-electron chi connectivity index (χ2n) is 7.73. The summed E-state index contributed by atoms with van der Waals surface area (Å²) in [5, 5.41) is 1.73. The molecule has 0 saturated carbocycles. The van der Waals surface area contributed by atoms with E-state index < -0.39 is 0 Å². The quantitative estimate of drug-likeness (QED) is 0.690. The number of carbonyl (C=O) groups is 3. The molecule has 2 aromatic heterocycles. The van der Waals surface area contributed by atoms with Crippen molar-refractivity contribution >= 4 is 45.0 Å². The van der Waals surface area contributed by atoms with Crippen LogP contribution in [0, 0.1) is 0 Å². The zero-order valence-corrected chi connectivity index (χ0v) is 17.7. The van der Waals surface area contributed by atoms with Crippen LogP contribution in [0.25, 0.3) is 10.9 Å². The molecule has 8 heteroatoms. The molecule has 30 heavy (non-hydrogen) atoms. The van der Waals surface area contributed by atoms with Crippen molar-refractivity contribution in [1.82, 2.24) is 14.8 Å². The Kier molecular flexibility index (Phi) is 4.39. The van der Waals surface area contributed by atoms with Crippen LogP contribution in [0.2, 0.25) is 0 Å². The lowest BCUT2D eigenvalue weighted by molar-refractivity contribution is -0.118. The van der Waals surface area contributed by atoms with Gasteiger partial charge in [-0.1, -0.05) is 18.2 Å². The number of likely N-dealkylation sites (N-methyl/N-ethyl adjacent to an activating group) is 2. The molecule has 154 valence electrons. The maximum Gasteiger partial charge on any atom is 0.270 e. The summed E-state index contributed by atoms with van der Waals surface area (Å²) in [5.41, 5.74) is 3.13. The molecule has 3 amide bonds. The first-order valence-corrected chi connectivity index (χ1v) is 10.9. The lowest BCUT2D eigenvalue weighted by Crippen LogP contribution is -2.38. The highest BCUT2D eigenvalue weighted by molar-refractivity contribution is 7.17. The van der Waals surface area contributed by atoms with E-state index in [1.165, 1.54) is 16.2 Å². The van der Waals surface area contributed by atoms with Crippen molar-refractivity contribution in [2.45, 2.75) is 19.9 Å². The Morgan fingerprint density at radius 3 is 2.77 bits per heavy atom. The van der Waals surface area contributed by atoms with E-state index in [1.54, 1.807) is 11.9 Å². The first-order valence-electron chi connectivity index (χ1n) is 10.0. The van der Waals surface area contributed by atoms with Crippen LogP contribution in [0.5, 0.6) is 0 Å². The third-order valence-electron chi connectivity index (χ3n) is 5.88. The molecule has 5 rings (SSSR count). The summed E-state index contributed by atoms with van der Waals surface area (Å²) >= 11 is 1.47. The predicted octanol–water partition coefficient (Wildman–Crippen LogP) is 2.87. The molecule has 0 aliphatic carbocycles. The Bertz CT molecular complexity index is 1160. The maximum absolute atomic E-state index is 13.1. The van der Waals surface area contributed by atoms with Crippen LogP contribution in [0.4, 0.5) is 5.00 Å². The number of nitrogens with one attached hydrogen (secondary N) is 1.